The van der Waals surface area contributed by atoms with Gasteiger partial charge in [-0.3, -0.25) is 0 Å². The summed E-state index contributed by atoms with van der Waals surface area (Å²) in [6, 6.07) is 35.1. The number of hydrogen-bond donors (Lipinski definition) is 1. The van der Waals surface area contributed by atoms with E-state index < -0.39 is 5.41 Å². The predicted octanol–water partition coefficient (Wildman–Crippen LogP) is 8.21. The number of nitrogens with one attached hydrogen (secondary N) is 1. The molecule has 5 aromatic rings. The van der Waals surface area contributed by atoms with Crippen molar-refractivity contribution in [2.45, 2.75) is 12.3 Å². The number of benzene rings is 4. The summed E-state index contributed by atoms with van der Waals surface area (Å²) in [4.78, 5) is 3.80. The van der Waals surface area contributed by atoms with E-state index in [1.807, 2.05) is 6.08 Å². The van der Waals surface area contributed by atoms with Crippen LogP contribution in [0.25, 0.3) is 34.3 Å². The highest BCUT2D eigenvalue weighted by Gasteiger charge is 2.49. The molecule has 1 heterocycles. The summed E-state index contributed by atoms with van der Waals surface area (Å²) in [5.74, 6) is 0. The largest absolute Gasteiger partial charge is 0.354 e. The van der Waals surface area contributed by atoms with Gasteiger partial charge in [0.25, 0.3) is 0 Å². The van der Waals surface area contributed by atoms with Crippen molar-refractivity contribution < 1.29 is 0 Å². The number of aromatic amines is 1. The molecule has 0 atom stereocenters. The molecule has 0 saturated carbocycles. The molecule has 1 heteroatoms. The molecule has 0 fully saturated rings. The Labute approximate surface area is 194 Å². The van der Waals surface area contributed by atoms with E-state index in [1.165, 1.54) is 50.0 Å². The zero-order valence-electron chi connectivity index (χ0n) is 18.7. The number of H-pyrrole nitrogens is 1. The van der Waals surface area contributed by atoms with Gasteiger partial charge in [-0.15, -0.1) is 0 Å². The van der Waals surface area contributed by atoms with Crippen LogP contribution in [0.3, 0.4) is 0 Å². The average molecular weight is 424 g/mol. The van der Waals surface area contributed by atoms with Crippen molar-refractivity contribution >= 4 is 23.1 Å². The fraction of sp³-hybridized carbons (Fsp3) is 0.0625. The average Bonchev–Trinajstić information content (AvgIpc) is 3.39. The lowest BCUT2D eigenvalue weighted by Gasteiger charge is -2.34. The number of rotatable bonds is 4. The molecule has 4 aromatic carbocycles. The molecule has 1 N–H and O–H groups in total. The lowest BCUT2D eigenvalue weighted by molar-refractivity contribution is 0.776. The van der Waals surface area contributed by atoms with Crippen LogP contribution in [-0.2, 0) is 5.41 Å². The minimum Gasteiger partial charge on any atom is -0.354 e. The molecular formula is C32H25N. The Morgan fingerprint density at radius 2 is 1.39 bits per heavy atom. The summed E-state index contributed by atoms with van der Waals surface area (Å²) < 4.78 is 0. The molecular weight excluding hydrogens is 398 g/mol. The molecule has 6 rings (SSSR count). The van der Waals surface area contributed by atoms with E-state index in [0.29, 0.717) is 0 Å². The number of allylic oxidation sites excluding steroid dienone is 1. The Morgan fingerprint density at radius 1 is 0.758 bits per heavy atom. The van der Waals surface area contributed by atoms with Crippen LogP contribution >= 0.6 is 0 Å². The first-order valence-electron chi connectivity index (χ1n) is 11.5. The number of para-hydroxylation sites is 1. The maximum Gasteiger partial charge on any atom is 0.0735 e. The highest BCUT2D eigenvalue weighted by Crippen LogP contribution is 2.59. The van der Waals surface area contributed by atoms with Crippen molar-refractivity contribution in [2.75, 3.05) is 0 Å². The van der Waals surface area contributed by atoms with E-state index in [-0.39, 0.29) is 0 Å². The molecule has 158 valence electrons. The van der Waals surface area contributed by atoms with Gasteiger partial charge in [-0.2, -0.15) is 0 Å². The van der Waals surface area contributed by atoms with E-state index in [9.17, 15) is 0 Å². The van der Waals surface area contributed by atoms with Crippen LogP contribution in [0.2, 0.25) is 0 Å². The molecule has 1 aromatic heterocycles. The maximum atomic E-state index is 4.22. The lowest BCUT2D eigenvalue weighted by Crippen LogP contribution is -2.28. The Kier molecular flexibility index (Phi) is 4.45. The van der Waals surface area contributed by atoms with Gasteiger partial charge in [0.1, 0.15) is 0 Å². The van der Waals surface area contributed by atoms with Gasteiger partial charge in [-0.05, 0) is 40.8 Å². The standard InChI is InChI=1S/C32H25N/c1-3-13-22-20-21-27-29(25(22)4-2)31-30(26-18-11-12-19-28(26)33-31)32(27,23-14-7-5-8-15-23)24-16-9-6-10-17-24/h3-21,33H,2H2,1H3/b13-3-. The maximum absolute atomic E-state index is 4.22. The van der Waals surface area contributed by atoms with Crippen LogP contribution in [0.4, 0.5) is 0 Å². The van der Waals surface area contributed by atoms with E-state index in [1.54, 1.807) is 0 Å². The van der Waals surface area contributed by atoms with E-state index in [0.717, 1.165) is 5.52 Å². The van der Waals surface area contributed by atoms with Crippen molar-refractivity contribution in [2.24, 2.45) is 0 Å². The van der Waals surface area contributed by atoms with Crippen molar-refractivity contribution in [3.8, 4) is 11.3 Å². The Bertz CT molecular complexity index is 1480. The number of hydrogen-bond acceptors (Lipinski definition) is 0. The first kappa shape index (κ1) is 19.6. The van der Waals surface area contributed by atoms with E-state index >= 15 is 0 Å². The van der Waals surface area contributed by atoms with Crippen LogP contribution in [0.5, 0.6) is 0 Å². The molecule has 0 unspecified atom stereocenters. The zero-order valence-corrected chi connectivity index (χ0v) is 18.7. The quantitative estimate of drug-likeness (QED) is 0.294. The van der Waals surface area contributed by atoms with Crippen molar-refractivity contribution in [1.82, 2.24) is 4.98 Å². The summed E-state index contributed by atoms with van der Waals surface area (Å²) >= 11 is 0. The van der Waals surface area contributed by atoms with Crippen LogP contribution in [0, 0.1) is 0 Å². The fourth-order valence-electron chi connectivity index (χ4n) is 5.76. The third-order valence-electron chi connectivity index (χ3n) is 6.98. The molecule has 0 amide bonds. The minimum absolute atomic E-state index is 0.418. The van der Waals surface area contributed by atoms with Crippen LogP contribution in [-0.4, -0.2) is 4.98 Å². The first-order chi connectivity index (χ1) is 16.3. The van der Waals surface area contributed by atoms with Crippen LogP contribution in [0.1, 0.15) is 40.3 Å². The lowest BCUT2D eigenvalue weighted by atomic mass is 9.67. The van der Waals surface area contributed by atoms with Gasteiger partial charge in [0, 0.05) is 22.0 Å². The zero-order chi connectivity index (χ0) is 22.4. The van der Waals surface area contributed by atoms with Gasteiger partial charge in [-0.1, -0.05) is 116 Å². The second-order valence-electron chi connectivity index (χ2n) is 8.60. The minimum atomic E-state index is -0.418. The summed E-state index contributed by atoms with van der Waals surface area (Å²) in [5, 5.41) is 1.26. The second kappa shape index (κ2) is 7.50. The molecule has 0 aliphatic heterocycles. The molecule has 1 nitrogen and oxygen atoms in total. The number of aromatic nitrogens is 1. The molecule has 33 heavy (non-hydrogen) atoms. The van der Waals surface area contributed by atoms with Crippen molar-refractivity contribution in [3.63, 3.8) is 0 Å². The van der Waals surface area contributed by atoms with Gasteiger partial charge in [0.05, 0.1) is 11.1 Å². The third-order valence-corrected chi connectivity index (χ3v) is 6.98. The highest BCUT2D eigenvalue weighted by molar-refractivity contribution is 6.02. The molecule has 0 spiro atoms. The summed E-state index contributed by atoms with van der Waals surface area (Å²) in [7, 11) is 0. The van der Waals surface area contributed by atoms with Crippen LogP contribution in [0.15, 0.2) is 110 Å². The fourth-order valence-corrected chi connectivity index (χ4v) is 5.76. The predicted molar refractivity (Wildman–Crippen MR) is 140 cm³/mol. The Morgan fingerprint density at radius 3 is 2.03 bits per heavy atom. The van der Waals surface area contributed by atoms with Crippen molar-refractivity contribution in [3.05, 3.63) is 143 Å². The Hall–Kier alpha value is -4.10. The monoisotopic (exact) mass is 423 g/mol. The summed E-state index contributed by atoms with van der Waals surface area (Å²) in [5.41, 5.74) is 10.7. The van der Waals surface area contributed by atoms with Gasteiger partial charge in [0.15, 0.2) is 0 Å². The van der Waals surface area contributed by atoms with Gasteiger partial charge >= 0.3 is 0 Å². The molecule has 0 saturated heterocycles. The Balaban J connectivity index is 1.88. The number of fused-ring (bicyclic) bond motifs is 5. The van der Waals surface area contributed by atoms with Gasteiger partial charge < -0.3 is 4.98 Å². The van der Waals surface area contributed by atoms with Crippen LogP contribution < -0.4 is 0 Å². The third kappa shape index (κ3) is 2.60. The summed E-state index contributed by atoms with van der Waals surface area (Å²) in [6.07, 6.45) is 6.28. The van der Waals surface area contributed by atoms with Crippen molar-refractivity contribution in [1.29, 1.82) is 0 Å². The van der Waals surface area contributed by atoms with Gasteiger partial charge in [0.2, 0.25) is 0 Å². The van der Waals surface area contributed by atoms with E-state index in [2.05, 4.69) is 128 Å². The summed E-state index contributed by atoms with van der Waals surface area (Å²) in [6.45, 7) is 6.29. The molecule has 1 aliphatic rings. The highest BCUT2D eigenvalue weighted by atomic mass is 14.8. The molecule has 1 aliphatic carbocycles. The topological polar surface area (TPSA) is 15.8 Å². The molecule has 0 bridgehead atoms. The first-order valence-corrected chi connectivity index (χ1v) is 11.5. The van der Waals surface area contributed by atoms with Gasteiger partial charge in [-0.25, -0.2) is 0 Å². The second-order valence-corrected chi connectivity index (χ2v) is 8.60. The van der Waals surface area contributed by atoms with E-state index in [4.69, 9.17) is 0 Å². The molecule has 0 radical (unpaired) electrons. The normalized spacial score (nSPS) is 13.8. The SMILES string of the molecule is C=Cc1c(/C=C\C)ccc2c1-c1[nH]c3ccccc3c1C2(c1ccccc1)c1ccccc1. The smallest absolute Gasteiger partial charge is 0.0735 e.